The Balaban J connectivity index is 1.71. The standard InChI is InChI=1S/C19H21F3N4/c1-11-13(5-3-6-15(11)19(20,21)22)12(2)24-18-14-9-23-10-16(14)26-8-4-7-17(26)25-18/h3,5-7,12,23H,4,8-10H2,1-2H3,(H,24,25)/t12-/m1/s1. The van der Waals surface area contributed by atoms with E-state index in [1.807, 2.05) is 6.92 Å². The first-order valence-electron chi connectivity index (χ1n) is 8.78. The Morgan fingerprint density at radius 2 is 2.04 bits per heavy atom. The van der Waals surface area contributed by atoms with Gasteiger partial charge in [-0.15, -0.1) is 0 Å². The van der Waals surface area contributed by atoms with E-state index in [0.717, 1.165) is 49.4 Å². The number of fused-ring (bicyclic) bond motifs is 2. The molecular formula is C19H21F3N4. The van der Waals surface area contributed by atoms with Crippen LogP contribution in [0.2, 0.25) is 0 Å². The Labute approximate surface area is 150 Å². The fourth-order valence-electron chi connectivity index (χ4n) is 3.94. The molecule has 0 unspecified atom stereocenters. The van der Waals surface area contributed by atoms with Gasteiger partial charge in [-0.3, -0.25) is 4.99 Å². The van der Waals surface area contributed by atoms with Gasteiger partial charge in [-0.1, -0.05) is 12.1 Å². The van der Waals surface area contributed by atoms with Gasteiger partial charge in [0.05, 0.1) is 11.6 Å². The molecule has 0 bridgehead atoms. The number of hydrogen-bond acceptors (Lipinski definition) is 3. The lowest BCUT2D eigenvalue weighted by molar-refractivity contribution is -0.138. The molecule has 2 N–H and O–H groups in total. The molecule has 0 saturated carbocycles. The fourth-order valence-corrected chi connectivity index (χ4v) is 3.94. The zero-order chi connectivity index (χ0) is 18.5. The molecule has 4 nitrogen and oxygen atoms in total. The molecule has 1 aromatic rings. The molecule has 0 aromatic heterocycles. The maximum absolute atomic E-state index is 13.2. The molecule has 0 fully saturated rings. The number of aliphatic imine (C=N–C) groups is 1. The molecule has 7 heteroatoms. The topological polar surface area (TPSA) is 39.7 Å². The number of amidine groups is 1. The van der Waals surface area contributed by atoms with E-state index in [0.29, 0.717) is 5.56 Å². The maximum atomic E-state index is 13.2. The number of nitrogens with one attached hydrogen (secondary N) is 2. The van der Waals surface area contributed by atoms with Crippen LogP contribution in [0, 0.1) is 6.92 Å². The van der Waals surface area contributed by atoms with Crippen molar-refractivity contribution in [3.05, 3.63) is 58.1 Å². The molecule has 1 aromatic carbocycles. The fraction of sp³-hybridized carbons (Fsp3) is 0.421. The molecule has 3 heterocycles. The van der Waals surface area contributed by atoms with E-state index < -0.39 is 11.7 Å². The average molecular weight is 362 g/mol. The summed E-state index contributed by atoms with van der Waals surface area (Å²) in [5.74, 6) is 1.79. The van der Waals surface area contributed by atoms with E-state index in [-0.39, 0.29) is 11.6 Å². The molecule has 0 amide bonds. The summed E-state index contributed by atoms with van der Waals surface area (Å²) in [4.78, 5) is 7.02. The highest BCUT2D eigenvalue weighted by molar-refractivity contribution is 6.02. The normalized spacial score (nSPS) is 22.3. The zero-order valence-corrected chi connectivity index (χ0v) is 14.7. The summed E-state index contributed by atoms with van der Waals surface area (Å²) in [5, 5.41) is 6.72. The first kappa shape index (κ1) is 17.1. The quantitative estimate of drug-likeness (QED) is 0.846. The Bertz CT molecular complexity index is 836. The van der Waals surface area contributed by atoms with Crippen LogP contribution in [-0.2, 0) is 6.18 Å². The van der Waals surface area contributed by atoms with Crippen LogP contribution in [0.4, 0.5) is 13.2 Å². The summed E-state index contributed by atoms with van der Waals surface area (Å²) in [6.07, 6.45) is -1.23. The summed E-state index contributed by atoms with van der Waals surface area (Å²) in [6.45, 7) is 5.84. The highest BCUT2D eigenvalue weighted by Crippen LogP contribution is 2.36. The van der Waals surface area contributed by atoms with Crippen LogP contribution < -0.4 is 10.6 Å². The minimum Gasteiger partial charge on any atom is -0.330 e. The predicted molar refractivity (Wildman–Crippen MR) is 94.5 cm³/mol. The lowest BCUT2D eigenvalue weighted by Gasteiger charge is -2.31. The molecule has 1 atom stereocenters. The Morgan fingerprint density at radius 1 is 1.23 bits per heavy atom. The third-order valence-electron chi connectivity index (χ3n) is 5.24. The first-order valence-corrected chi connectivity index (χ1v) is 8.78. The molecule has 0 saturated heterocycles. The number of hydrogen-bond donors (Lipinski definition) is 2. The highest BCUT2D eigenvalue weighted by atomic mass is 19.4. The minimum atomic E-state index is -4.35. The molecule has 4 rings (SSSR count). The number of alkyl halides is 3. The van der Waals surface area contributed by atoms with Gasteiger partial charge < -0.3 is 15.5 Å². The van der Waals surface area contributed by atoms with E-state index in [1.165, 1.54) is 18.7 Å². The molecule has 0 spiro atoms. The molecule has 26 heavy (non-hydrogen) atoms. The minimum absolute atomic E-state index is 0.244. The van der Waals surface area contributed by atoms with Gasteiger partial charge >= 0.3 is 6.18 Å². The molecule has 3 aliphatic rings. The van der Waals surface area contributed by atoms with E-state index in [2.05, 4.69) is 21.6 Å². The smallest absolute Gasteiger partial charge is 0.330 e. The third-order valence-corrected chi connectivity index (χ3v) is 5.24. The van der Waals surface area contributed by atoms with Crippen LogP contribution in [0.5, 0.6) is 0 Å². The van der Waals surface area contributed by atoms with Gasteiger partial charge in [0, 0.05) is 30.9 Å². The maximum Gasteiger partial charge on any atom is 0.416 e. The molecule has 138 valence electrons. The van der Waals surface area contributed by atoms with Gasteiger partial charge in [0.25, 0.3) is 0 Å². The molecule has 3 aliphatic heterocycles. The third kappa shape index (κ3) is 2.80. The van der Waals surface area contributed by atoms with Crippen LogP contribution in [0.1, 0.15) is 36.1 Å². The summed E-state index contributed by atoms with van der Waals surface area (Å²) < 4.78 is 39.6. The summed E-state index contributed by atoms with van der Waals surface area (Å²) in [5.41, 5.74) is 2.59. The summed E-state index contributed by atoms with van der Waals surface area (Å²) in [7, 11) is 0. The number of rotatable bonds is 2. The van der Waals surface area contributed by atoms with Gasteiger partial charge in [0.1, 0.15) is 11.7 Å². The van der Waals surface area contributed by atoms with Crippen molar-refractivity contribution in [3.63, 3.8) is 0 Å². The molecular weight excluding hydrogens is 341 g/mol. The number of benzene rings is 1. The van der Waals surface area contributed by atoms with Gasteiger partial charge in [-0.25, -0.2) is 0 Å². The van der Waals surface area contributed by atoms with Gasteiger partial charge in [-0.05, 0) is 43.5 Å². The summed E-state index contributed by atoms with van der Waals surface area (Å²) in [6, 6.07) is 3.94. The van der Waals surface area contributed by atoms with Crippen molar-refractivity contribution < 1.29 is 13.2 Å². The van der Waals surface area contributed by atoms with E-state index >= 15 is 0 Å². The average Bonchev–Trinajstić information content (AvgIpc) is 3.22. The lowest BCUT2D eigenvalue weighted by Crippen LogP contribution is -2.40. The van der Waals surface area contributed by atoms with Crippen molar-refractivity contribution >= 4 is 5.84 Å². The van der Waals surface area contributed by atoms with Crippen molar-refractivity contribution in [1.82, 2.24) is 15.5 Å². The second kappa shape index (κ2) is 6.16. The van der Waals surface area contributed by atoms with Crippen molar-refractivity contribution in [3.8, 4) is 0 Å². The number of nitrogens with zero attached hydrogens (tertiary/aromatic N) is 2. The van der Waals surface area contributed by atoms with Crippen molar-refractivity contribution in [2.24, 2.45) is 4.99 Å². The SMILES string of the molecule is Cc1c([C@@H](C)N=C2NC3=CCCN3C3=C2CNC3)cccc1C(F)(F)F. The first-order chi connectivity index (χ1) is 12.4. The van der Waals surface area contributed by atoms with Crippen LogP contribution in [0.3, 0.4) is 0 Å². The summed E-state index contributed by atoms with van der Waals surface area (Å²) >= 11 is 0. The van der Waals surface area contributed by atoms with Crippen molar-refractivity contribution in [2.75, 3.05) is 19.6 Å². The highest BCUT2D eigenvalue weighted by Gasteiger charge is 2.35. The van der Waals surface area contributed by atoms with Gasteiger partial charge in [0.15, 0.2) is 0 Å². The largest absolute Gasteiger partial charge is 0.416 e. The van der Waals surface area contributed by atoms with Crippen molar-refractivity contribution in [2.45, 2.75) is 32.5 Å². The second-order valence-electron chi connectivity index (χ2n) is 6.85. The molecule has 0 radical (unpaired) electrons. The second-order valence-corrected chi connectivity index (χ2v) is 6.85. The Morgan fingerprint density at radius 3 is 2.81 bits per heavy atom. The zero-order valence-electron chi connectivity index (χ0n) is 14.7. The van der Waals surface area contributed by atoms with Crippen LogP contribution >= 0.6 is 0 Å². The van der Waals surface area contributed by atoms with Crippen LogP contribution in [0.25, 0.3) is 0 Å². The lowest BCUT2D eigenvalue weighted by atomic mass is 9.97. The van der Waals surface area contributed by atoms with Crippen LogP contribution in [0.15, 0.2) is 46.4 Å². The number of halogens is 3. The Kier molecular flexibility index (Phi) is 4.06. The van der Waals surface area contributed by atoms with E-state index in [1.54, 1.807) is 6.07 Å². The van der Waals surface area contributed by atoms with Crippen LogP contribution in [-0.4, -0.2) is 30.4 Å². The van der Waals surface area contributed by atoms with Gasteiger partial charge in [0.2, 0.25) is 0 Å². The predicted octanol–water partition coefficient (Wildman–Crippen LogP) is 3.48. The van der Waals surface area contributed by atoms with E-state index in [4.69, 9.17) is 4.99 Å². The Hall–Kier alpha value is -2.28. The molecule has 0 aliphatic carbocycles. The monoisotopic (exact) mass is 362 g/mol. The van der Waals surface area contributed by atoms with Gasteiger partial charge in [-0.2, -0.15) is 13.2 Å². The van der Waals surface area contributed by atoms with E-state index in [9.17, 15) is 13.2 Å². The van der Waals surface area contributed by atoms with Crippen molar-refractivity contribution in [1.29, 1.82) is 0 Å².